The highest BCUT2D eigenvalue weighted by Gasteiger charge is 2.07. The van der Waals surface area contributed by atoms with Crippen LogP contribution in [0, 0.1) is 18.8 Å². The van der Waals surface area contributed by atoms with Gasteiger partial charge >= 0.3 is 0 Å². The van der Waals surface area contributed by atoms with Gasteiger partial charge < -0.3 is 11.1 Å². The van der Waals surface area contributed by atoms with Gasteiger partial charge in [0.25, 0.3) is 5.91 Å². The summed E-state index contributed by atoms with van der Waals surface area (Å²) in [5, 5.41) is 7.06. The maximum absolute atomic E-state index is 12.1. The van der Waals surface area contributed by atoms with Crippen LogP contribution in [0.15, 0.2) is 30.5 Å². The number of aryl methyl sites for hydroxylation is 2. The first-order chi connectivity index (χ1) is 10.1. The first-order valence-corrected chi connectivity index (χ1v) is 6.66. The van der Waals surface area contributed by atoms with Crippen LogP contribution < -0.4 is 11.1 Å². The highest BCUT2D eigenvalue weighted by Crippen LogP contribution is 2.10. The summed E-state index contributed by atoms with van der Waals surface area (Å²) in [6.45, 7) is 2.66. The van der Waals surface area contributed by atoms with Gasteiger partial charge in [-0.05, 0) is 36.8 Å². The molecule has 5 heteroatoms. The zero-order valence-corrected chi connectivity index (χ0v) is 12.2. The Balaban J connectivity index is 2.04. The third-order valence-electron chi connectivity index (χ3n) is 3.01. The minimum absolute atomic E-state index is 0.123. The van der Waals surface area contributed by atoms with Crippen LogP contribution >= 0.6 is 0 Å². The number of benzene rings is 1. The van der Waals surface area contributed by atoms with Gasteiger partial charge in [0, 0.05) is 24.4 Å². The van der Waals surface area contributed by atoms with E-state index in [0.717, 1.165) is 16.8 Å². The van der Waals surface area contributed by atoms with Crippen LogP contribution in [0.2, 0.25) is 0 Å². The van der Waals surface area contributed by atoms with E-state index in [4.69, 9.17) is 5.73 Å². The number of hydrogen-bond donors (Lipinski definition) is 2. The fourth-order valence-corrected chi connectivity index (χ4v) is 1.92. The molecule has 2 aromatic rings. The average Bonchev–Trinajstić information content (AvgIpc) is 2.89. The molecule has 0 unspecified atom stereocenters. The lowest BCUT2D eigenvalue weighted by molar-refractivity contribution is 0.0950. The molecule has 3 N–H and O–H groups in total. The molecule has 0 saturated carbocycles. The van der Waals surface area contributed by atoms with Gasteiger partial charge in [0.2, 0.25) is 0 Å². The molecule has 0 aliphatic heterocycles. The molecule has 1 aromatic heterocycles. The van der Waals surface area contributed by atoms with Gasteiger partial charge in [-0.15, -0.1) is 0 Å². The van der Waals surface area contributed by atoms with E-state index in [9.17, 15) is 4.79 Å². The quantitative estimate of drug-likeness (QED) is 0.824. The van der Waals surface area contributed by atoms with Crippen LogP contribution in [0.25, 0.3) is 0 Å². The number of carbonyl (C=O) groups excluding carboxylic acids is 1. The van der Waals surface area contributed by atoms with E-state index in [1.165, 1.54) is 0 Å². The van der Waals surface area contributed by atoms with Gasteiger partial charge in [-0.2, -0.15) is 5.10 Å². The molecule has 0 bridgehead atoms. The minimum Gasteiger partial charge on any atom is -0.346 e. The van der Waals surface area contributed by atoms with Crippen molar-refractivity contribution in [2.45, 2.75) is 13.5 Å². The summed E-state index contributed by atoms with van der Waals surface area (Å²) in [6.07, 6.45) is 1.84. The van der Waals surface area contributed by atoms with Crippen LogP contribution in [-0.4, -0.2) is 22.2 Å². The number of amides is 1. The van der Waals surface area contributed by atoms with Crippen LogP contribution in [0.1, 0.15) is 27.2 Å². The summed E-state index contributed by atoms with van der Waals surface area (Å²) >= 11 is 0. The Morgan fingerprint density at radius 2 is 2.24 bits per heavy atom. The van der Waals surface area contributed by atoms with Crippen molar-refractivity contribution >= 4 is 5.91 Å². The van der Waals surface area contributed by atoms with Gasteiger partial charge in [0.05, 0.1) is 18.8 Å². The molecule has 108 valence electrons. The van der Waals surface area contributed by atoms with Gasteiger partial charge in [0.15, 0.2) is 0 Å². The van der Waals surface area contributed by atoms with Crippen LogP contribution in [0.5, 0.6) is 0 Å². The Hall–Kier alpha value is -2.58. The van der Waals surface area contributed by atoms with E-state index in [-0.39, 0.29) is 5.91 Å². The summed E-state index contributed by atoms with van der Waals surface area (Å²) in [6, 6.07) is 7.31. The van der Waals surface area contributed by atoms with Crippen molar-refractivity contribution in [1.29, 1.82) is 0 Å². The fraction of sp³-hybridized carbons (Fsp3) is 0.250. The molecular weight excluding hydrogens is 264 g/mol. The van der Waals surface area contributed by atoms with E-state index in [0.29, 0.717) is 18.7 Å². The first kappa shape index (κ1) is 14.8. The zero-order valence-electron chi connectivity index (χ0n) is 12.2. The van der Waals surface area contributed by atoms with Gasteiger partial charge in [-0.25, -0.2) is 0 Å². The summed E-state index contributed by atoms with van der Waals surface area (Å²) in [5.41, 5.74) is 8.65. The van der Waals surface area contributed by atoms with Crippen molar-refractivity contribution in [3.63, 3.8) is 0 Å². The largest absolute Gasteiger partial charge is 0.346 e. The normalized spacial score (nSPS) is 9.86. The number of nitrogens with one attached hydrogen (secondary N) is 1. The van der Waals surface area contributed by atoms with E-state index in [2.05, 4.69) is 22.3 Å². The standard InChI is InChI=1S/C16H18N4O/c1-12-10-14(6-5-13(12)4-3-8-17)16(21)18-11-15-7-9-20(2)19-15/h5-7,9-10H,8,11,17H2,1-2H3,(H,18,21). The van der Waals surface area contributed by atoms with Crippen molar-refractivity contribution in [1.82, 2.24) is 15.1 Å². The summed E-state index contributed by atoms with van der Waals surface area (Å²) in [7, 11) is 1.84. The molecule has 0 saturated heterocycles. The zero-order chi connectivity index (χ0) is 15.2. The third-order valence-corrected chi connectivity index (χ3v) is 3.01. The first-order valence-electron chi connectivity index (χ1n) is 6.66. The average molecular weight is 282 g/mol. The van der Waals surface area contributed by atoms with E-state index >= 15 is 0 Å². The van der Waals surface area contributed by atoms with Gasteiger partial charge in [-0.3, -0.25) is 9.48 Å². The number of hydrogen-bond acceptors (Lipinski definition) is 3. The number of nitrogens with zero attached hydrogens (tertiary/aromatic N) is 2. The maximum atomic E-state index is 12.1. The summed E-state index contributed by atoms with van der Waals surface area (Å²) < 4.78 is 1.70. The Morgan fingerprint density at radius 1 is 1.43 bits per heavy atom. The summed E-state index contributed by atoms with van der Waals surface area (Å²) in [4.78, 5) is 12.1. The van der Waals surface area contributed by atoms with E-state index < -0.39 is 0 Å². The molecule has 1 heterocycles. The minimum atomic E-state index is -0.123. The second kappa shape index (κ2) is 6.73. The van der Waals surface area contributed by atoms with Crippen molar-refractivity contribution in [2.24, 2.45) is 12.8 Å². The van der Waals surface area contributed by atoms with Crippen molar-refractivity contribution < 1.29 is 4.79 Å². The lowest BCUT2D eigenvalue weighted by Gasteiger charge is -2.05. The SMILES string of the molecule is Cc1cc(C(=O)NCc2ccn(C)n2)ccc1C#CCN. The maximum Gasteiger partial charge on any atom is 0.251 e. The second-order valence-electron chi connectivity index (χ2n) is 4.70. The molecule has 0 radical (unpaired) electrons. The molecule has 0 atom stereocenters. The molecule has 0 aliphatic carbocycles. The van der Waals surface area contributed by atoms with Crippen molar-refractivity contribution in [3.05, 3.63) is 52.8 Å². The predicted molar refractivity (Wildman–Crippen MR) is 81.5 cm³/mol. The molecule has 21 heavy (non-hydrogen) atoms. The Kier molecular flexibility index (Phi) is 4.75. The van der Waals surface area contributed by atoms with Crippen LogP contribution in [0.3, 0.4) is 0 Å². The topological polar surface area (TPSA) is 72.9 Å². The smallest absolute Gasteiger partial charge is 0.251 e. The Bertz CT molecular complexity index is 707. The molecule has 2 rings (SSSR count). The molecule has 1 aromatic carbocycles. The van der Waals surface area contributed by atoms with Crippen molar-refractivity contribution in [2.75, 3.05) is 6.54 Å². The Labute approximate surface area is 124 Å². The molecule has 0 aliphatic rings. The lowest BCUT2D eigenvalue weighted by Crippen LogP contribution is -2.23. The van der Waals surface area contributed by atoms with E-state index in [1.807, 2.05) is 38.4 Å². The highest BCUT2D eigenvalue weighted by atomic mass is 16.1. The lowest BCUT2D eigenvalue weighted by atomic mass is 10.0. The van der Waals surface area contributed by atoms with Crippen LogP contribution in [-0.2, 0) is 13.6 Å². The molecular formula is C16H18N4O. The van der Waals surface area contributed by atoms with Crippen LogP contribution in [0.4, 0.5) is 0 Å². The number of carbonyl (C=O) groups is 1. The van der Waals surface area contributed by atoms with E-state index in [1.54, 1.807) is 10.7 Å². The third kappa shape index (κ3) is 3.94. The molecule has 1 amide bonds. The Morgan fingerprint density at radius 3 is 2.86 bits per heavy atom. The highest BCUT2D eigenvalue weighted by molar-refractivity contribution is 5.94. The number of rotatable bonds is 3. The molecule has 0 spiro atoms. The molecule has 0 fully saturated rings. The second-order valence-corrected chi connectivity index (χ2v) is 4.70. The number of nitrogens with two attached hydrogens (primary N) is 1. The molecule has 5 nitrogen and oxygen atoms in total. The fourth-order valence-electron chi connectivity index (χ4n) is 1.92. The van der Waals surface area contributed by atoms with Gasteiger partial charge in [0.1, 0.15) is 0 Å². The monoisotopic (exact) mass is 282 g/mol. The predicted octanol–water partition coefficient (Wildman–Crippen LogP) is 0.969. The summed E-state index contributed by atoms with van der Waals surface area (Å²) in [5.74, 6) is 5.67. The number of aromatic nitrogens is 2. The van der Waals surface area contributed by atoms with Crippen molar-refractivity contribution in [3.8, 4) is 11.8 Å². The van der Waals surface area contributed by atoms with Gasteiger partial charge in [-0.1, -0.05) is 11.8 Å².